The minimum atomic E-state index is 0.0456. The molecule has 15 aliphatic rings. The minimum Gasteiger partial charge on any atom is -0.380 e. The Morgan fingerprint density at radius 2 is 0.871 bits per heavy atom. The van der Waals surface area contributed by atoms with E-state index in [0.29, 0.717) is 101 Å². The Morgan fingerprint density at radius 3 is 1.23 bits per heavy atom. The quantitative estimate of drug-likeness (QED) is 0.131. The van der Waals surface area contributed by atoms with Gasteiger partial charge in [-0.1, -0.05) is 111 Å². The van der Waals surface area contributed by atoms with Crippen molar-refractivity contribution in [1.82, 2.24) is 15.1 Å². The van der Waals surface area contributed by atoms with Gasteiger partial charge >= 0.3 is 0 Å². The van der Waals surface area contributed by atoms with E-state index in [-0.39, 0.29) is 40.5 Å². The first kappa shape index (κ1) is 71.5. The van der Waals surface area contributed by atoms with Crippen LogP contribution < -0.4 is 5.32 Å². The smallest absolute Gasteiger partial charge is 0.160 e. The fourth-order valence-electron chi connectivity index (χ4n) is 24.4. The molecule has 0 bridgehead atoms. The average molecular weight is 1300 g/mol. The molecule has 0 spiro atoms. The maximum absolute atomic E-state index is 11.2. The number of carbonyl (C=O) groups is 1. The standard InChI is InChI=1S/2C27H45NO3.C21H34O3.C5H11NO/c2*1-19-9-10-23-26(2,22(19)13-16-28-15-12-21(17-28)29-4)14-11-24-27(23,3)18-30-25(31-24)20-7-5-6-8-20;1-20-12-10-18-21(2,17(20)9-5-8-16(20)11-13-22)14-23-19(24-18)15-6-3-4-7-15;1-7-5-2-3-6-4-5/h2*20-25H,1,5-18H2,2-4H3;13,15-19H,3-12,14H2,1-2H3;5-6H,2-4H2,1H3/t2*21?,22-,23?,24-,25-,26+,27+;16-,17?,18+,19+,20-,21-;/m110./s1. The third-order valence-electron chi connectivity index (χ3n) is 30.1. The minimum absolute atomic E-state index is 0.0456. The molecule has 13 nitrogen and oxygen atoms in total. The monoisotopic (exact) mass is 1300 g/mol. The number of allylic oxidation sites excluding steroid dienone is 2. The van der Waals surface area contributed by atoms with E-state index in [1.54, 1.807) is 7.11 Å². The van der Waals surface area contributed by atoms with Gasteiger partial charge in [0, 0.05) is 94.5 Å². The summed E-state index contributed by atoms with van der Waals surface area (Å²) in [7, 11) is 5.47. The summed E-state index contributed by atoms with van der Waals surface area (Å²) in [6.45, 7) is 35.9. The van der Waals surface area contributed by atoms with Crippen molar-refractivity contribution in [2.45, 2.75) is 296 Å². The summed E-state index contributed by atoms with van der Waals surface area (Å²) < 4.78 is 55.6. The third-order valence-corrected chi connectivity index (χ3v) is 30.1. The molecule has 15 rings (SSSR count). The van der Waals surface area contributed by atoms with Crippen molar-refractivity contribution in [3.63, 3.8) is 0 Å². The van der Waals surface area contributed by atoms with E-state index in [1.165, 1.54) is 224 Å². The van der Waals surface area contributed by atoms with E-state index < -0.39 is 0 Å². The van der Waals surface area contributed by atoms with Crippen molar-refractivity contribution in [2.24, 2.45) is 85.8 Å². The van der Waals surface area contributed by atoms with Crippen molar-refractivity contribution in [3.8, 4) is 0 Å². The normalized spacial score (nSPS) is 46.3. The van der Waals surface area contributed by atoms with Crippen molar-refractivity contribution in [1.29, 1.82) is 0 Å². The van der Waals surface area contributed by atoms with Crippen molar-refractivity contribution >= 4 is 6.29 Å². The van der Waals surface area contributed by atoms with E-state index >= 15 is 0 Å². The Morgan fingerprint density at radius 1 is 0.473 bits per heavy atom. The molecular formula is C80H135N3O10. The maximum atomic E-state index is 11.2. The van der Waals surface area contributed by atoms with E-state index in [1.807, 2.05) is 14.2 Å². The molecule has 93 heavy (non-hydrogen) atoms. The predicted octanol–water partition coefficient (Wildman–Crippen LogP) is 15.6. The molecular weight excluding hydrogens is 1160 g/mol. The number of hydrogen-bond acceptors (Lipinski definition) is 13. The summed E-state index contributed by atoms with van der Waals surface area (Å²) in [6.07, 6.45) is 42.2. The second-order valence-corrected chi connectivity index (χ2v) is 35.2. The molecule has 0 radical (unpaired) electrons. The molecule has 0 aromatic heterocycles. The molecule has 0 amide bonds. The second-order valence-electron chi connectivity index (χ2n) is 35.2. The fraction of sp³-hybridized carbons (Fsp3) is 0.938. The molecule has 9 aliphatic carbocycles. The molecule has 0 aromatic rings. The molecule has 21 atom stereocenters. The van der Waals surface area contributed by atoms with Gasteiger partial charge in [-0.05, 0) is 219 Å². The molecule has 6 saturated heterocycles. The van der Waals surface area contributed by atoms with Gasteiger partial charge in [-0.3, -0.25) is 0 Å². The van der Waals surface area contributed by atoms with Crippen LogP contribution in [0.3, 0.4) is 0 Å². The fourth-order valence-corrected chi connectivity index (χ4v) is 24.4. The summed E-state index contributed by atoms with van der Waals surface area (Å²) in [5.74, 6) is 5.66. The van der Waals surface area contributed by atoms with Crippen LogP contribution in [0.5, 0.6) is 0 Å². The summed E-state index contributed by atoms with van der Waals surface area (Å²) in [4.78, 5) is 16.4. The Labute approximate surface area is 565 Å². The molecule has 6 unspecified atom stereocenters. The highest BCUT2D eigenvalue weighted by Crippen LogP contribution is 2.67. The number of hydrogen-bond donors (Lipinski definition) is 1. The van der Waals surface area contributed by atoms with Crippen LogP contribution in [0.25, 0.3) is 0 Å². The molecule has 530 valence electrons. The molecule has 1 N–H and O–H groups in total. The second kappa shape index (κ2) is 30.9. The van der Waals surface area contributed by atoms with Crippen molar-refractivity contribution < 1.29 is 47.4 Å². The number of fused-ring (bicyclic) bond motifs is 9. The van der Waals surface area contributed by atoms with Gasteiger partial charge in [0.1, 0.15) is 6.29 Å². The van der Waals surface area contributed by atoms with Gasteiger partial charge in [0.05, 0.1) is 56.4 Å². The topological polar surface area (TPSA) is 119 Å². The number of likely N-dealkylation sites (tertiary alicyclic amines) is 2. The SMILES string of the molecule is C=C1CCC2[C@]3(C)CO[C@@H](C4CCCC4)O[C@@H]3CC[C@@]2(C)[C@@H]1CCN1CCC(OC)C1.C=C1CCC2[C@]3(C)CO[C@@H](C4CCCC4)O[C@@H]3CC[C@@]2(C)[C@@H]1CCN1CCC(OC)C1.COC1CCNC1.C[C@@]12CO[C@@H](C3CCCC3)O[C@@H]1CC[C@]1(C)C2CCC[C@H]1CC=O. The van der Waals surface area contributed by atoms with Crippen LogP contribution in [0.1, 0.15) is 241 Å². The Balaban J connectivity index is 0.000000128. The lowest BCUT2D eigenvalue weighted by Crippen LogP contribution is -2.62. The number of methoxy groups -OCH3 is 3. The van der Waals surface area contributed by atoms with Gasteiger partial charge in [0.25, 0.3) is 0 Å². The van der Waals surface area contributed by atoms with Gasteiger partial charge in [-0.25, -0.2) is 0 Å². The van der Waals surface area contributed by atoms with Crippen LogP contribution in [0.2, 0.25) is 0 Å². The van der Waals surface area contributed by atoms with Gasteiger partial charge in [-0.15, -0.1) is 0 Å². The summed E-state index contributed by atoms with van der Waals surface area (Å²) in [5.41, 5.74) is 4.38. The molecule has 9 saturated carbocycles. The van der Waals surface area contributed by atoms with Crippen molar-refractivity contribution in [2.75, 3.05) is 93.5 Å². The summed E-state index contributed by atoms with van der Waals surface area (Å²) in [6, 6.07) is 0. The molecule has 13 heteroatoms. The number of carbonyl (C=O) groups excluding carboxylic acids is 1. The number of nitrogens with zero attached hydrogens (tertiary/aromatic N) is 2. The zero-order valence-corrected chi connectivity index (χ0v) is 60.6. The zero-order chi connectivity index (χ0) is 65.2. The van der Waals surface area contributed by atoms with Crippen molar-refractivity contribution in [3.05, 3.63) is 24.3 Å². The number of nitrogens with one attached hydrogen (secondary N) is 1. The highest BCUT2D eigenvalue weighted by atomic mass is 16.7. The Hall–Kier alpha value is -1.33. The predicted molar refractivity (Wildman–Crippen MR) is 370 cm³/mol. The highest BCUT2D eigenvalue weighted by molar-refractivity contribution is 5.50. The van der Waals surface area contributed by atoms with Gasteiger partial charge < -0.3 is 62.5 Å². The lowest BCUT2D eigenvalue weighted by atomic mass is 9.46. The largest absolute Gasteiger partial charge is 0.380 e. The lowest BCUT2D eigenvalue weighted by molar-refractivity contribution is -0.317. The molecule has 15 fully saturated rings. The van der Waals surface area contributed by atoms with E-state index in [2.05, 4.69) is 69.8 Å². The van der Waals surface area contributed by atoms with Crippen LogP contribution in [-0.2, 0) is 47.4 Å². The van der Waals surface area contributed by atoms with Crippen LogP contribution in [0.4, 0.5) is 0 Å². The number of rotatable bonds is 14. The van der Waals surface area contributed by atoms with E-state index in [0.717, 1.165) is 65.1 Å². The highest BCUT2D eigenvalue weighted by Gasteiger charge is 2.64. The van der Waals surface area contributed by atoms with Gasteiger partial charge in [-0.2, -0.15) is 0 Å². The summed E-state index contributed by atoms with van der Waals surface area (Å²) in [5, 5.41) is 3.20. The third kappa shape index (κ3) is 14.8. The van der Waals surface area contributed by atoms with Gasteiger partial charge in [0.2, 0.25) is 0 Å². The summed E-state index contributed by atoms with van der Waals surface area (Å²) >= 11 is 0. The average Bonchev–Trinajstić information content (AvgIpc) is 1.43. The lowest BCUT2D eigenvalue weighted by Gasteiger charge is -2.63. The number of aldehydes is 1. The number of ether oxygens (including phenoxy) is 9. The maximum Gasteiger partial charge on any atom is 0.160 e. The van der Waals surface area contributed by atoms with Crippen LogP contribution in [0, 0.1) is 85.8 Å². The van der Waals surface area contributed by atoms with Crippen LogP contribution >= 0.6 is 0 Å². The van der Waals surface area contributed by atoms with E-state index in [4.69, 9.17) is 42.6 Å². The first-order chi connectivity index (χ1) is 44.9. The van der Waals surface area contributed by atoms with Gasteiger partial charge in [0.15, 0.2) is 18.9 Å². The Kier molecular flexibility index (Phi) is 23.7. The van der Waals surface area contributed by atoms with Crippen LogP contribution in [0.15, 0.2) is 24.3 Å². The van der Waals surface area contributed by atoms with E-state index in [9.17, 15) is 4.79 Å². The first-order valence-corrected chi connectivity index (χ1v) is 39.2. The van der Waals surface area contributed by atoms with Crippen LogP contribution in [-0.4, -0.2) is 165 Å². The molecule has 6 heterocycles. The molecule has 6 aliphatic heterocycles. The Bertz CT molecular complexity index is 2310. The zero-order valence-electron chi connectivity index (χ0n) is 60.6. The molecule has 0 aromatic carbocycles. The first-order valence-electron chi connectivity index (χ1n) is 39.2.